The molecule has 0 saturated carbocycles. The van der Waals surface area contributed by atoms with Crippen molar-refractivity contribution in [2.75, 3.05) is 19.8 Å². The maximum absolute atomic E-state index is 12.3. The van der Waals surface area contributed by atoms with Gasteiger partial charge in [-0.15, -0.1) is 0 Å². The van der Waals surface area contributed by atoms with Crippen LogP contribution in [0.5, 0.6) is 0 Å². The predicted octanol–water partition coefficient (Wildman–Crippen LogP) is 1.56. The number of hydrogen-bond acceptors (Lipinski definition) is 5. The van der Waals surface area contributed by atoms with Gasteiger partial charge in [0.2, 0.25) is 0 Å². The lowest BCUT2D eigenvalue weighted by Crippen LogP contribution is -2.36. The molecule has 1 N–H and O–H groups in total. The van der Waals surface area contributed by atoms with E-state index in [9.17, 15) is 9.90 Å². The quantitative estimate of drug-likeness (QED) is 0.911. The van der Waals surface area contributed by atoms with Crippen molar-refractivity contribution in [2.24, 2.45) is 0 Å². The topological polar surface area (TPSA) is 68.2 Å². The van der Waals surface area contributed by atoms with Crippen molar-refractivity contribution in [1.29, 1.82) is 0 Å². The number of aliphatic hydroxyl groups excluding tert-OH is 1. The summed E-state index contributed by atoms with van der Waals surface area (Å²) < 4.78 is 16.4. The molecule has 2 aliphatic heterocycles. The van der Waals surface area contributed by atoms with Gasteiger partial charge in [-0.3, -0.25) is 0 Å². The molecule has 2 fully saturated rings. The molecule has 1 amide bonds. The number of likely N-dealkylation sites (tertiary alicyclic amines) is 1. The van der Waals surface area contributed by atoms with Crippen molar-refractivity contribution in [3.05, 3.63) is 35.9 Å². The van der Waals surface area contributed by atoms with Gasteiger partial charge in [0.25, 0.3) is 0 Å². The van der Waals surface area contributed by atoms with Gasteiger partial charge in [0.15, 0.2) is 0 Å². The Hall–Kier alpha value is -1.63. The van der Waals surface area contributed by atoms with Crippen LogP contribution in [0, 0.1) is 0 Å². The molecular weight excluding hydrogens is 298 g/mol. The van der Waals surface area contributed by atoms with Crippen molar-refractivity contribution in [1.82, 2.24) is 4.90 Å². The van der Waals surface area contributed by atoms with Crippen LogP contribution in [0.25, 0.3) is 0 Å². The summed E-state index contributed by atoms with van der Waals surface area (Å²) in [5.74, 6) is 0. The number of ether oxygens (including phenoxy) is 3. The average molecular weight is 321 g/mol. The van der Waals surface area contributed by atoms with Crippen LogP contribution in [-0.4, -0.2) is 60.2 Å². The van der Waals surface area contributed by atoms with Crippen LogP contribution in [-0.2, 0) is 20.8 Å². The first-order chi connectivity index (χ1) is 11.1. The summed E-state index contributed by atoms with van der Waals surface area (Å²) in [6.45, 7) is 3.45. The molecule has 0 bridgehead atoms. The normalized spacial score (nSPS) is 30.6. The van der Waals surface area contributed by atoms with Gasteiger partial charge in [-0.2, -0.15) is 0 Å². The van der Waals surface area contributed by atoms with E-state index in [2.05, 4.69) is 0 Å². The summed E-state index contributed by atoms with van der Waals surface area (Å²) in [4.78, 5) is 13.9. The summed E-state index contributed by atoms with van der Waals surface area (Å²) in [5, 5.41) is 9.75. The van der Waals surface area contributed by atoms with Gasteiger partial charge in [0, 0.05) is 6.04 Å². The van der Waals surface area contributed by atoms with E-state index >= 15 is 0 Å². The molecule has 1 aromatic rings. The molecule has 0 radical (unpaired) electrons. The van der Waals surface area contributed by atoms with E-state index in [1.165, 1.54) is 0 Å². The molecule has 4 atom stereocenters. The Labute approximate surface area is 135 Å². The number of carbonyl (C=O) groups is 1. The van der Waals surface area contributed by atoms with Crippen molar-refractivity contribution >= 4 is 6.09 Å². The fourth-order valence-electron chi connectivity index (χ4n) is 3.04. The van der Waals surface area contributed by atoms with E-state index in [4.69, 9.17) is 14.2 Å². The average Bonchev–Trinajstić information content (AvgIpc) is 3.12. The van der Waals surface area contributed by atoms with Crippen molar-refractivity contribution in [3.63, 3.8) is 0 Å². The van der Waals surface area contributed by atoms with Gasteiger partial charge in [-0.25, -0.2) is 4.79 Å². The largest absolute Gasteiger partial charge is 0.445 e. The number of rotatable bonds is 4. The molecule has 2 heterocycles. The smallest absolute Gasteiger partial charge is 0.410 e. The second-order valence-corrected chi connectivity index (χ2v) is 6.18. The van der Waals surface area contributed by atoms with Crippen molar-refractivity contribution < 1.29 is 24.1 Å². The molecule has 126 valence electrons. The highest BCUT2D eigenvalue weighted by molar-refractivity contribution is 5.68. The third-order valence-corrected chi connectivity index (χ3v) is 4.34. The summed E-state index contributed by atoms with van der Waals surface area (Å²) in [5.41, 5.74) is 0.965. The highest BCUT2D eigenvalue weighted by Crippen LogP contribution is 2.24. The Morgan fingerprint density at radius 1 is 1.35 bits per heavy atom. The first-order valence-electron chi connectivity index (χ1n) is 8.02. The van der Waals surface area contributed by atoms with Crippen LogP contribution in [0.4, 0.5) is 4.79 Å². The highest BCUT2D eigenvalue weighted by Gasteiger charge is 2.37. The lowest BCUT2D eigenvalue weighted by atomic mass is 10.2. The third kappa shape index (κ3) is 4.02. The molecule has 4 unspecified atom stereocenters. The molecule has 0 aromatic heterocycles. The lowest BCUT2D eigenvalue weighted by molar-refractivity contribution is -0.0505. The Morgan fingerprint density at radius 3 is 2.83 bits per heavy atom. The first kappa shape index (κ1) is 16.2. The zero-order valence-corrected chi connectivity index (χ0v) is 13.3. The lowest BCUT2D eigenvalue weighted by Gasteiger charge is -2.21. The molecule has 0 spiro atoms. The third-order valence-electron chi connectivity index (χ3n) is 4.34. The summed E-state index contributed by atoms with van der Waals surface area (Å²) in [7, 11) is 0. The number of amides is 1. The molecule has 1 aromatic carbocycles. The minimum absolute atomic E-state index is 0.0581. The number of benzene rings is 1. The van der Waals surface area contributed by atoms with Crippen molar-refractivity contribution in [3.8, 4) is 0 Å². The van der Waals surface area contributed by atoms with E-state index in [1.54, 1.807) is 4.90 Å². The molecule has 3 rings (SSSR count). The van der Waals surface area contributed by atoms with Gasteiger partial charge in [0.05, 0.1) is 25.9 Å². The second-order valence-electron chi connectivity index (χ2n) is 6.18. The monoisotopic (exact) mass is 321 g/mol. The molecular formula is C17H23NO5. The maximum Gasteiger partial charge on any atom is 0.410 e. The van der Waals surface area contributed by atoms with Crippen LogP contribution in [0.3, 0.4) is 0 Å². The fourth-order valence-corrected chi connectivity index (χ4v) is 3.04. The number of aliphatic hydroxyl groups is 1. The van der Waals surface area contributed by atoms with Crippen LogP contribution < -0.4 is 0 Å². The molecule has 2 aliphatic rings. The van der Waals surface area contributed by atoms with Crippen LogP contribution in [0.2, 0.25) is 0 Å². The number of carbonyl (C=O) groups excluding carboxylic acids is 1. The van der Waals surface area contributed by atoms with Crippen LogP contribution in [0.15, 0.2) is 30.3 Å². The van der Waals surface area contributed by atoms with E-state index in [-0.39, 0.29) is 30.9 Å². The van der Waals surface area contributed by atoms with Gasteiger partial charge in [-0.1, -0.05) is 30.3 Å². The van der Waals surface area contributed by atoms with E-state index in [1.807, 2.05) is 37.3 Å². The zero-order valence-electron chi connectivity index (χ0n) is 13.3. The molecule has 6 heteroatoms. The van der Waals surface area contributed by atoms with Crippen molar-refractivity contribution in [2.45, 2.75) is 44.3 Å². The van der Waals surface area contributed by atoms with Gasteiger partial charge in [-0.05, 0) is 18.9 Å². The minimum Gasteiger partial charge on any atom is -0.445 e. The van der Waals surface area contributed by atoms with E-state index in [0.29, 0.717) is 19.8 Å². The second kappa shape index (κ2) is 7.29. The number of hydrogen-bond donors (Lipinski definition) is 1. The predicted molar refractivity (Wildman–Crippen MR) is 82.9 cm³/mol. The summed E-state index contributed by atoms with van der Waals surface area (Å²) >= 11 is 0. The standard InChI is InChI=1S/C17H23NO5/c1-12-7-14(23-16-11-21-10-15(16)19)8-18(12)17(20)22-9-13-5-3-2-4-6-13/h2-6,12,14-16,19H,7-11H2,1H3. The molecule has 2 saturated heterocycles. The Bertz CT molecular complexity index is 523. The van der Waals surface area contributed by atoms with Crippen LogP contribution >= 0.6 is 0 Å². The fraction of sp³-hybridized carbons (Fsp3) is 0.588. The van der Waals surface area contributed by atoms with E-state index in [0.717, 1.165) is 12.0 Å². The summed E-state index contributed by atoms with van der Waals surface area (Å²) in [6, 6.07) is 9.67. The Balaban J connectivity index is 1.48. The minimum atomic E-state index is -0.579. The zero-order chi connectivity index (χ0) is 16.2. The van der Waals surface area contributed by atoms with Gasteiger partial charge in [0.1, 0.15) is 18.8 Å². The number of nitrogens with zero attached hydrogens (tertiary/aromatic N) is 1. The molecule has 0 aliphatic carbocycles. The van der Waals surface area contributed by atoms with Gasteiger partial charge < -0.3 is 24.2 Å². The SMILES string of the molecule is CC1CC(OC2COCC2O)CN1C(=O)OCc1ccccc1. The summed E-state index contributed by atoms with van der Waals surface area (Å²) in [6.07, 6.45) is -0.549. The molecule has 6 nitrogen and oxygen atoms in total. The highest BCUT2D eigenvalue weighted by atomic mass is 16.6. The first-order valence-corrected chi connectivity index (χ1v) is 8.02. The van der Waals surface area contributed by atoms with Gasteiger partial charge >= 0.3 is 6.09 Å². The Morgan fingerprint density at radius 2 is 2.13 bits per heavy atom. The van der Waals surface area contributed by atoms with E-state index < -0.39 is 6.10 Å². The Kier molecular flexibility index (Phi) is 5.15. The maximum atomic E-state index is 12.3. The van der Waals surface area contributed by atoms with Crippen LogP contribution in [0.1, 0.15) is 18.9 Å². The molecule has 23 heavy (non-hydrogen) atoms.